The highest BCUT2D eigenvalue weighted by Crippen LogP contribution is 2.72. The van der Waals surface area contributed by atoms with Crippen LogP contribution in [0.4, 0.5) is 0 Å². The minimum absolute atomic E-state index is 0.354. The fraction of sp³-hybridized carbons (Fsp3) is 1.00. The second-order valence-corrected chi connectivity index (χ2v) is 4.65. The van der Waals surface area contributed by atoms with Gasteiger partial charge in [0.1, 0.15) is 0 Å². The highest BCUT2D eigenvalue weighted by atomic mass is 16.3. The predicted octanol–water partition coefficient (Wildman–Crippen LogP) is 1.80. The maximum absolute atomic E-state index is 9.20. The molecular weight excluding hydrogens is 124 g/mol. The van der Waals surface area contributed by atoms with Gasteiger partial charge in [0.15, 0.2) is 0 Å². The third-order valence-corrected chi connectivity index (χ3v) is 3.62. The molecular formula is C9H16O. The van der Waals surface area contributed by atoms with Gasteiger partial charge in [-0.2, -0.15) is 0 Å². The van der Waals surface area contributed by atoms with E-state index < -0.39 is 0 Å². The third kappa shape index (κ3) is 0.619. The van der Waals surface area contributed by atoms with Crippen molar-refractivity contribution in [2.45, 2.75) is 33.1 Å². The summed E-state index contributed by atoms with van der Waals surface area (Å²) >= 11 is 0. The molecule has 2 fully saturated rings. The molecule has 1 atom stereocenters. The average molecular weight is 140 g/mol. The van der Waals surface area contributed by atoms with E-state index in [1.807, 2.05) is 0 Å². The standard InChI is InChI=1S/C9H16O/c1-8(2)5-9(8,6-10)7-3-4-7/h7,10H,3-6H2,1-2H3. The van der Waals surface area contributed by atoms with Crippen molar-refractivity contribution in [3.63, 3.8) is 0 Å². The summed E-state index contributed by atoms with van der Waals surface area (Å²) in [6.07, 6.45) is 3.98. The van der Waals surface area contributed by atoms with E-state index in [0.717, 1.165) is 5.92 Å². The van der Waals surface area contributed by atoms with E-state index in [4.69, 9.17) is 0 Å². The molecule has 2 aliphatic rings. The van der Waals surface area contributed by atoms with Gasteiger partial charge in [-0.3, -0.25) is 0 Å². The molecule has 0 radical (unpaired) electrons. The van der Waals surface area contributed by atoms with Crippen LogP contribution in [0.15, 0.2) is 0 Å². The second kappa shape index (κ2) is 1.58. The first-order chi connectivity index (χ1) is 4.62. The Morgan fingerprint density at radius 1 is 1.40 bits per heavy atom. The molecule has 0 saturated heterocycles. The first-order valence-electron chi connectivity index (χ1n) is 4.23. The van der Waals surface area contributed by atoms with Gasteiger partial charge in [0.25, 0.3) is 0 Å². The van der Waals surface area contributed by atoms with Crippen LogP contribution in [0.2, 0.25) is 0 Å². The Hall–Kier alpha value is -0.0400. The van der Waals surface area contributed by atoms with Crippen molar-refractivity contribution in [3.8, 4) is 0 Å². The minimum atomic E-state index is 0.354. The van der Waals surface area contributed by atoms with Gasteiger partial charge in [-0.05, 0) is 30.6 Å². The topological polar surface area (TPSA) is 20.2 Å². The quantitative estimate of drug-likeness (QED) is 0.620. The lowest BCUT2D eigenvalue weighted by Crippen LogP contribution is -2.16. The maximum atomic E-state index is 9.20. The van der Waals surface area contributed by atoms with Crippen LogP contribution in [-0.4, -0.2) is 11.7 Å². The zero-order valence-electron chi connectivity index (χ0n) is 6.85. The van der Waals surface area contributed by atoms with E-state index in [-0.39, 0.29) is 0 Å². The molecule has 1 N–H and O–H groups in total. The molecule has 0 aliphatic heterocycles. The van der Waals surface area contributed by atoms with Crippen molar-refractivity contribution in [1.82, 2.24) is 0 Å². The van der Waals surface area contributed by atoms with Crippen LogP contribution in [0.25, 0.3) is 0 Å². The maximum Gasteiger partial charge on any atom is 0.0495 e. The molecule has 0 bridgehead atoms. The molecule has 1 unspecified atom stereocenters. The molecule has 10 heavy (non-hydrogen) atoms. The molecule has 0 aromatic rings. The highest BCUT2D eigenvalue weighted by Gasteiger charge is 2.66. The van der Waals surface area contributed by atoms with Crippen molar-refractivity contribution in [1.29, 1.82) is 0 Å². The van der Waals surface area contributed by atoms with E-state index in [9.17, 15) is 5.11 Å². The summed E-state index contributed by atoms with van der Waals surface area (Å²) in [5.41, 5.74) is 0.802. The van der Waals surface area contributed by atoms with Crippen LogP contribution < -0.4 is 0 Å². The zero-order valence-corrected chi connectivity index (χ0v) is 6.85. The second-order valence-electron chi connectivity index (χ2n) is 4.65. The summed E-state index contributed by atoms with van der Waals surface area (Å²) in [5.74, 6) is 0.868. The van der Waals surface area contributed by atoms with Crippen LogP contribution in [0, 0.1) is 16.7 Å². The van der Waals surface area contributed by atoms with Crippen LogP contribution in [0.3, 0.4) is 0 Å². The fourth-order valence-electron chi connectivity index (χ4n) is 2.48. The van der Waals surface area contributed by atoms with E-state index in [1.54, 1.807) is 0 Å². The number of hydrogen-bond donors (Lipinski definition) is 1. The zero-order chi connectivity index (χ0) is 7.41. The Morgan fingerprint density at radius 2 is 1.90 bits per heavy atom. The average Bonchev–Trinajstić information content (AvgIpc) is 2.64. The Balaban J connectivity index is 2.12. The molecule has 2 rings (SSSR count). The van der Waals surface area contributed by atoms with Gasteiger partial charge in [0, 0.05) is 12.0 Å². The molecule has 1 nitrogen and oxygen atoms in total. The lowest BCUT2D eigenvalue weighted by atomic mass is 9.92. The van der Waals surface area contributed by atoms with Crippen molar-refractivity contribution in [2.75, 3.05) is 6.61 Å². The van der Waals surface area contributed by atoms with Crippen LogP contribution in [0.5, 0.6) is 0 Å². The normalized spacial score (nSPS) is 43.5. The largest absolute Gasteiger partial charge is 0.396 e. The van der Waals surface area contributed by atoms with Gasteiger partial charge in [0.2, 0.25) is 0 Å². The Morgan fingerprint density at radius 3 is 2.00 bits per heavy atom. The van der Waals surface area contributed by atoms with Crippen LogP contribution in [0.1, 0.15) is 33.1 Å². The number of aliphatic hydroxyl groups is 1. The lowest BCUT2D eigenvalue weighted by molar-refractivity contribution is 0.160. The number of rotatable bonds is 2. The molecule has 0 spiro atoms. The van der Waals surface area contributed by atoms with Crippen LogP contribution in [-0.2, 0) is 0 Å². The number of aliphatic hydroxyl groups excluding tert-OH is 1. The Bertz CT molecular complexity index is 158. The van der Waals surface area contributed by atoms with Gasteiger partial charge in [-0.25, -0.2) is 0 Å². The molecule has 2 aliphatic carbocycles. The SMILES string of the molecule is CC1(C)CC1(CO)C1CC1. The summed E-state index contributed by atoms with van der Waals surface area (Å²) in [7, 11) is 0. The molecule has 0 amide bonds. The van der Waals surface area contributed by atoms with Crippen molar-refractivity contribution in [3.05, 3.63) is 0 Å². The van der Waals surface area contributed by atoms with Gasteiger partial charge in [0.05, 0.1) is 0 Å². The van der Waals surface area contributed by atoms with Crippen LogP contribution >= 0.6 is 0 Å². The van der Waals surface area contributed by atoms with E-state index in [2.05, 4.69) is 13.8 Å². The first-order valence-corrected chi connectivity index (χ1v) is 4.23. The smallest absolute Gasteiger partial charge is 0.0495 e. The highest BCUT2D eigenvalue weighted by molar-refractivity contribution is 5.15. The molecule has 0 heterocycles. The van der Waals surface area contributed by atoms with E-state index in [1.165, 1.54) is 19.3 Å². The van der Waals surface area contributed by atoms with Crippen molar-refractivity contribution >= 4 is 0 Å². The molecule has 58 valence electrons. The van der Waals surface area contributed by atoms with Crippen molar-refractivity contribution in [2.24, 2.45) is 16.7 Å². The molecule has 0 aromatic heterocycles. The minimum Gasteiger partial charge on any atom is -0.396 e. The summed E-state index contributed by atoms with van der Waals surface area (Å²) in [6, 6.07) is 0. The Labute approximate surface area is 62.4 Å². The summed E-state index contributed by atoms with van der Waals surface area (Å²) in [5, 5.41) is 9.20. The summed E-state index contributed by atoms with van der Waals surface area (Å²) < 4.78 is 0. The lowest BCUT2D eigenvalue weighted by Gasteiger charge is -2.15. The van der Waals surface area contributed by atoms with Gasteiger partial charge >= 0.3 is 0 Å². The predicted molar refractivity (Wildman–Crippen MR) is 40.6 cm³/mol. The Kier molecular flexibility index (Phi) is 1.05. The summed E-state index contributed by atoms with van der Waals surface area (Å²) in [6.45, 7) is 4.98. The third-order valence-electron chi connectivity index (χ3n) is 3.62. The monoisotopic (exact) mass is 140 g/mol. The first kappa shape index (κ1) is 6.66. The summed E-state index contributed by atoms with van der Waals surface area (Å²) in [4.78, 5) is 0. The van der Waals surface area contributed by atoms with Gasteiger partial charge < -0.3 is 5.11 Å². The van der Waals surface area contributed by atoms with Gasteiger partial charge in [-0.15, -0.1) is 0 Å². The van der Waals surface area contributed by atoms with E-state index >= 15 is 0 Å². The fourth-order valence-corrected chi connectivity index (χ4v) is 2.48. The van der Waals surface area contributed by atoms with Crippen molar-refractivity contribution < 1.29 is 5.11 Å². The van der Waals surface area contributed by atoms with E-state index in [0.29, 0.717) is 17.4 Å². The molecule has 1 heteroatoms. The molecule has 0 aromatic carbocycles. The number of hydrogen-bond acceptors (Lipinski definition) is 1. The molecule has 2 saturated carbocycles. The van der Waals surface area contributed by atoms with Gasteiger partial charge in [-0.1, -0.05) is 13.8 Å².